The molecular formula is C20H15NO3S. The molecular weight excluding hydrogens is 334 g/mol. The van der Waals surface area contributed by atoms with E-state index in [2.05, 4.69) is 4.98 Å². The highest BCUT2D eigenvalue weighted by Gasteiger charge is 2.19. The van der Waals surface area contributed by atoms with Gasteiger partial charge in [0.15, 0.2) is 0 Å². The SMILES string of the molecule is Cc1c(C(=O)OCc2csc(-c3ccccc3)n2)oc2ccccc12. The number of benzene rings is 2. The Labute approximate surface area is 148 Å². The zero-order chi connectivity index (χ0) is 17.2. The van der Waals surface area contributed by atoms with Crippen LogP contribution >= 0.6 is 11.3 Å². The first-order chi connectivity index (χ1) is 12.2. The molecule has 0 bridgehead atoms. The quantitative estimate of drug-likeness (QED) is 0.474. The van der Waals surface area contributed by atoms with Crippen LogP contribution in [0.15, 0.2) is 64.4 Å². The van der Waals surface area contributed by atoms with Crippen LogP contribution in [0.5, 0.6) is 0 Å². The van der Waals surface area contributed by atoms with Crippen molar-refractivity contribution in [3.8, 4) is 10.6 Å². The second kappa shape index (κ2) is 6.53. The molecule has 5 heteroatoms. The first kappa shape index (κ1) is 15.6. The number of rotatable bonds is 4. The number of furan rings is 1. The van der Waals surface area contributed by atoms with Gasteiger partial charge in [-0.05, 0) is 13.0 Å². The Bertz CT molecular complexity index is 1030. The maximum atomic E-state index is 12.3. The van der Waals surface area contributed by atoms with E-state index in [1.54, 1.807) is 0 Å². The van der Waals surface area contributed by atoms with E-state index in [0.717, 1.165) is 27.2 Å². The van der Waals surface area contributed by atoms with Crippen LogP contribution in [0, 0.1) is 6.92 Å². The molecule has 0 amide bonds. The number of hydrogen-bond acceptors (Lipinski definition) is 5. The van der Waals surface area contributed by atoms with Gasteiger partial charge < -0.3 is 9.15 Å². The number of aryl methyl sites for hydroxylation is 1. The third-order valence-corrected chi connectivity index (χ3v) is 4.89. The highest BCUT2D eigenvalue weighted by atomic mass is 32.1. The maximum Gasteiger partial charge on any atom is 0.374 e. The molecule has 124 valence electrons. The second-order valence-corrected chi connectivity index (χ2v) is 6.50. The Morgan fingerprint density at radius 3 is 2.68 bits per heavy atom. The molecule has 0 atom stereocenters. The standard InChI is InChI=1S/C20H15NO3S/c1-13-16-9-5-6-10-17(16)24-18(13)20(22)23-11-15-12-25-19(21-15)14-7-3-2-4-8-14/h2-10,12H,11H2,1H3. The highest BCUT2D eigenvalue weighted by Crippen LogP contribution is 2.26. The summed E-state index contributed by atoms with van der Waals surface area (Å²) in [4.78, 5) is 16.9. The molecule has 2 heterocycles. The van der Waals surface area contributed by atoms with Gasteiger partial charge in [0.25, 0.3) is 0 Å². The van der Waals surface area contributed by atoms with Crippen LogP contribution in [0.1, 0.15) is 21.8 Å². The van der Waals surface area contributed by atoms with E-state index in [1.165, 1.54) is 11.3 Å². The molecule has 25 heavy (non-hydrogen) atoms. The summed E-state index contributed by atoms with van der Waals surface area (Å²) < 4.78 is 11.0. The largest absolute Gasteiger partial charge is 0.453 e. The summed E-state index contributed by atoms with van der Waals surface area (Å²) in [6.07, 6.45) is 0. The monoisotopic (exact) mass is 349 g/mol. The number of nitrogens with zero attached hydrogens (tertiary/aromatic N) is 1. The number of fused-ring (bicyclic) bond motifs is 1. The van der Waals surface area contributed by atoms with E-state index in [-0.39, 0.29) is 12.4 Å². The average Bonchev–Trinajstić information content (AvgIpc) is 3.26. The molecule has 0 unspecified atom stereocenters. The fraction of sp³-hybridized carbons (Fsp3) is 0.100. The van der Waals surface area contributed by atoms with E-state index in [0.29, 0.717) is 5.58 Å². The predicted octanol–water partition coefficient (Wildman–Crippen LogP) is 5.22. The van der Waals surface area contributed by atoms with E-state index >= 15 is 0 Å². The van der Waals surface area contributed by atoms with Crippen molar-refractivity contribution < 1.29 is 13.9 Å². The number of thiazole rings is 1. The molecule has 2 aromatic heterocycles. The van der Waals surface area contributed by atoms with Crippen molar-refractivity contribution in [2.45, 2.75) is 13.5 Å². The molecule has 0 radical (unpaired) electrons. The first-order valence-corrected chi connectivity index (χ1v) is 8.75. The van der Waals surface area contributed by atoms with Gasteiger partial charge in [0.05, 0.1) is 5.69 Å². The molecule has 0 aliphatic heterocycles. The molecule has 2 aromatic carbocycles. The summed E-state index contributed by atoms with van der Waals surface area (Å²) in [6, 6.07) is 17.5. The van der Waals surface area contributed by atoms with Gasteiger partial charge in [-0.1, -0.05) is 48.5 Å². The lowest BCUT2D eigenvalue weighted by atomic mass is 10.1. The first-order valence-electron chi connectivity index (χ1n) is 7.87. The highest BCUT2D eigenvalue weighted by molar-refractivity contribution is 7.13. The number of ether oxygens (including phenoxy) is 1. The number of esters is 1. The molecule has 0 aliphatic rings. The second-order valence-electron chi connectivity index (χ2n) is 5.64. The molecule has 0 saturated heterocycles. The van der Waals surface area contributed by atoms with Crippen LogP contribution in [0.3, 0.4) is 0 Å². The van der Waals surface area contributed by atoms with Gasteiger partial charge in [0.1, 0.15) is 17.2 Å². The molecule has 0 aliphatic carbocycles. The lowest BCUT2D eigenvalue weighted by Gasteiger charge is -2.01. The van der Waals surface area contributed by atoms with Crippen LogP contribution in [0.25, 0.3) is 21.5 Å². The minimum atomic E-state index is -0.469. The number of carbonyl (C=O) groups excluding carboxylic acids is 1. The van der Waals surface area contributed by atoms with Crippen LogP contribution in [-0.4, -0.2) is 11.0 Å². The van der Waals surface area contributed by atoms with Gasteiger partial charge >= 0.3 is 5.97 Å². The van der Waals surface area contributed by atoms with Gasteiger partial charge in [-0.15, -0.1) is 11.3 Å². The van der Waals surface area contributed by atoms with Crippen molar-refractivity contribution in [2.75, 3.05) is 0 Å². The zero-order valence-electron chi connectivity index (χ0n) is 13.6. The number of para-hydroxylation sites is 1. The molecule has 0 spiro atoms. The summed E-state index contributed by atoms with van der Waals surface area (Å²) in [5, 5.41) is 3.74. The van der Waals surface area contributed by atoms with Gasteiger partial charge in [0.2, 0.25) is 5.76 Å². The van der Waals surface area contributed by atoms with Crippen molar-refractivity contribution in [3.63, 3.8) is 0 Å². The van der Waals surface area contributed by atoms with Gasteiger partial charge in [-0.2, -0.15) is 0 Å². The third kappa shape index (κ3) is 3.06. The average molecular weight is 349 g/mol. The van der Waals surface area contributed by atoms with E-state index in [4.69, 9.17) is 9.15 Å². The maximum absolute atomic E-state index is 12.3. The minimum absolute atomic E-state index is 0.124. The lowest BCUT2D eigenvalue weighted by Crippen LogP contribution is -2.05. The number of hydrogen-bond donors (Lipinski definition) is 0. The van der Waals surface area contributed by atoms with Crippen LogP contribution < -0.4 is 0 Å². The van der Waals surface area contributed by atoms with Crippen LogP contribution in [0.2, 0.25) is 0 Å². The molecule has 4 aromatic rings. The van der Waals surface area contributed by atoms with Gasteiger partial charge in [-0.25, -0.2) is 9.78 Å². The summed E-state index contributed by atoms with van der Waals surface area (Å²) in [5.74, 6) is -0.220. The minimum Gasteiger partial charge on any atom is -0.453 e. The Kier molecular flexibility index (Phi) is 4.07. The zero-order valence-corrected chi connectivity index (χ0v) is 14.4. The lowest BCUT2D eigenvalue weighted by molar-refractivity contribution is 0.0433. The predicted molar refractivity (Wildman–Crippen MR) is 97.6 cm³/mol. The topological polar surface area (TPSA) is 52.3 Å². The Balaban J connectivity index is 1.48. The Morgan fingerprint density at radius 2 is 1.88 bits per heavy atom. The fourth-order valence-corrected chi connectivity index (χ4v) is 3.47. The number of carbonyl (C=O) groups is 1. The van der Waals surface area contributed by atoms with Crippen molar-refractivity contribution in [2.24, 2.45) is 0 Å². The third-order valence-electron chi connectivity index (χ3n) is 3.95. The molecule has 4 nitrogen and oxygen atoms in total. The molecule has 4 rings (SSSR count). The van der Waals surface area contributed by atoms with Crippen molar-refractivity contribution in [1.29, 1.82) is 0 Å². The summed E-state index contributed by atoms with van der Waals surface area (Å²) in [7, 11) is 0. The van der Waals surface area contributed by atoms with Gasteiger partial charge in [0, 0.05) is 21.9 Å². The van der Waals surface area contributed by atoms with E-state index < -0.39 is 5.97 Å². The van der Waals surface area contributed by atoms with Gasteiger partial charge in [-0.3, -0.25) is 0 Å². The molecule has 0 saturated carbocycles. The summed E-state index contributed by atoms with van der Waals surface area (Å²) in [5.41, 5.74) is 3.26. The molecule has 0 fully saturated rings. The van der Waals surface area contributed by atoms with Crippen LogP contribution in [0.4, 0.5) is 0 Å². The normalized spacial score (nSPS) is 10.9. The van der Waals surface area contributed by atoms with Crippen molar-refractivity contribution in [3.05, 3.63) is 77.0 Å². The number of aromatic nitrogens is 1. The summed E-state index contributed by atoms with van der Waals surface area (Å²) in [6.45, 7) is 1.98. The van der Waals surface area contributed by atoms with E-state index in [9.17, 15) is 4.79 Å². The van der Waals surface area contributed by atoms with Crippen LogP contribution in [-0.2, 0) is 11.3 Å². The van der Waals surface area contributed by atoms with E-state index in [1.807, 2.05) is 66.9 Å². The van der Waals surface area contributed by atoms with Crippen molar-refractivity contribution >= 4 is 28.3 Å². The fourth-order valence-electron chi connectivity index (χ4n) is 2.66. The Hall–Kier alpha value is -2.92. The smallest absolute Gasteiger partial charge is 0.374 e. The molecule has 0 N–H and O–H groups in total. The Morgan fingerprint density at radius 1 is 1.12 bits per heavy atom. The summed E-state index contributed by atoms with van der Waals surface area (Å²) >= 11 is 1.53. The van der Waals surface area contributed by atoms with Crippen molar-refractivity contribution in [1.82, 2.24) is 4.98 Å².